The van der Waals surface area contributed by atoms with Crippen LogP contribution in [0.3, 0.4) is 0 Å². The molecule has 0 fully saturated rings. The Kier molecular flexibility index (Phi) is 3.43. The van der Waals surface area contributed by atoms with E-state index < -0.39 is 6.61 Å². The standard InChI is InChI=1S/C15H12F2N2O2/c1-20-13-6-3-7-19-9-12(18-14(13)19)10-4-2-5-11(8-10)21-15(16)17/h2-9,15H,1H3. The Morgan fingerprint density at radius 3 is 2.81 bits per heavy atom. The fraction of sp³-hybridized carbons (Fsp3) is 0.133. The molecule has 0 bridgehead atoms. The van der Waals surface area contributed by atoms with Gasteiger partial charge in [0, 0.05) is 18.0 Å². The van der Waals surface area contributed by atoms with Gasteiger partial charge < -0.3 is 13.9 Å². The Hall–Kier alpha value is -2.63. The average Bonchev–Trinajstić information content (AvgIpc) is 2.90. The molecule has 0 atom stereocenters. The molecule has 0 aliphatic heterocycles. The lowest BCUT2D eigenvalue weighted by atomic mass is 10.1. The van der Waals surface area contributed by atoms with Crippen LogP contribution in [0.15, 0.2) is 48.8 Å². The van der Waals surface area contributed by atoms with Crippen LogP contribution >= 0.6 is 0 Å². The summed E-state index contributed by atoms with van der Waals surface area (Å²) in [6.07, 6.45) is 3.65. The summed E-state index contributed by atoms with van der Waals surface area (Å²) in [6, 6.07) is 10.1. The molecule has 0 amide bonds. The maximum absolute atomic E-state index is 12.3. The Bertz CT molecular complexity index is 771. The van der Waals surface area contributed by atoms with Crippen molar-refractivity contribution in [2.45, 2.75) is 6.61 Å². The average molecular weight is 290 g/mol. The van der Waals surface area contributed by atoms with E-state index in [2.05, 4.69) is 9.72 Å². The van der Waals surface area contributed by atoms with Gasteiger partial charge in [0.1, 0.15) is 5.75 Å². The molecule has 2 heterocycles. The van der Waals surface area contributed by atoms with E-state index in [1.54, 1.807) is 25.4 Å². The van der Waals surface area contributed by atoms with Crippen molar-refractivity contribution in [3.05, 3.63) is 48.8 Å². The van der Waals surface area contributed by atoms with Crippen LogP contribution in [0.2, 0.25) is 0 Å². The van der Waals surface area contributed by atoms with Crippen molar-refractivity contribution >= 4 is 5.65 Å². The Morgan fingerprint density at radius 1 is 1.19 bits per heavy atom. The third-order valence-electron chi connectivity index (χ3n) is 3.02. The zero-order valence-electron chi connectivity index (χ0n) is 11.2. The second kappa shape index (κ2) is 5.40. The number of halogens is 2. The maximum Gasteiger partial charge on any atom is 0.387 e. The number of hydrogen-bond donors (Lipinski definition) is 0. The lowest BCUT2D eigenvalue weighted by Gasteiger charge is -2.05. The molecule has 0 saturated heterocycles. The predicted octanol–water partition coefficient (Wildman–Crippen LogP) is 3.61. The van der Waals surface area contributed by atoms with Crippen LogP contribution in [-0.2, 0) is 0 Å². The van der Waals surface area contributed by atoms with Crippen molar-refractivity contribution in [1.82, 2.24) is 9.38 Å². The number of alkyl halides is 2. The van der Waals surface area contributed by atoms with E-state index in [9.17, 15) is 8.78 Å². The summed E-state index contributed by atoms with van der Waals surface area (Å²) in [5.74, 6) is 0.746. The molecule has 0 spiro atoms. The second-order valence-electron chi connectivity index (χ2n) is 4.34. The lowest BCUT2D eigenvalue weighted by molar-refractivity contribution is -0.0498. The smallest absolute Gasteiger partial charge is 0.387 e. The molecule has 21 heavy (non-hydrogen) atoms. The largest absolute Gasteiger partial charge is 0.493 e. The van der Waals surface area contributed by atoms with Crippen molar-refractivity contribution in [3.63, 3.8) is 0 Å². The summed E-state index contributed by atoms with van der Waals surface area (Å²) in [6.45, 7) is -2.85. The van der Waals surface area contributed by atoms with Crippen molar-refractivity contribution in [1.29, 1.82) is 0 Å². The lowest BCUT2D eigenvalue weighted by Crippen LogP contribution is -2.01. The molecule has 108 valence electrons. The third kappa shape index (κ3) is 2.65. The third-order valence-corrected chi connectivity index (χ3v) is 3.02. The van der Waals surface area contributed by atoms with Crippen molar-refractivity contribution < 1.29 is 18.3 Å². The molecule has 0 aliphatic carbocycles. The maximum atomic E-state index is 12.3. The minimum Gasteiger partial charge on any atom is -0.493 e. The van der Waals surface area contributed by atoms with Crippen LogP contribution in [-0.4, -0.2) is 23.1 Å². The number of hydrogen-bond acceptors (Lipinski definition) is 3. The van der Waals surface area contributed by atoms with E-state index in [4.69, 9.17) is 4.74 Å². The molecule has 0 saturated carbocycles. The van der Waals surface area contributed by atoms with Crippen LogP contribution in [0, 0.1) is 0 Å². The Labute approximate surface area is 119 Å². The highest BCUT2D eigenvalue weighted by Crippen LogP contribution is 2.27. The van der Waals surface area contributed by atoms with Gasteiger partial charge in [-0.1, -0.05) is 12.1 Å². The number of benzene rings is 1. The molecule has 0 aliphatic rings. The first kappa shape index (κ1) is 13.4. The van der Waals surface area contributed by atoms with E-state index in [1.807, 2.05) is 22.7 Å². The SMILES string of the molecule is COc1cccn2cc(-c3cccc(OC(F)F)c3)nc12. The molecular weight excluding hydrogens is 278 g/mol. The molecule has 3 aromatic rings. The number of imidazole rings is 1. The van der Waals surface area contributed by atoms with Gasteiger partial charge in [0.2, 0.25) is 0 Å². The van der Waals surface area contributed by atoms with Crippen molar-refractivity contribution in [2.75, 3.05) is 7.11 Å². The number of rotatable bonds is 4. The molecule has 6 heteroatoms. The first-order valence-corrected chi connectivity index (χ1v) is 6.24. The van der Waals surface area contributed by atoms with Crippen molar-refractivity contribution in [3.8, 4) is 22.8 Å². The molecule has 0 unspecified atom stereocenters. The van der Waals surface area contributed by atoms with E-state index in [0.717, 1.165) is 0 Å². The summed E-state index contributed by atoms with van der Waals surface area (Å²) in [7, 11) is 1.57. The van der Waals surface area contributed by atoms with Crippen LogP contribution in [0.1, 0.15) is 0 Å². The Balaban J connectivity index is 2.04. The van der Waals surface area contributed by atoms with Gasteiger partial charge in [-0.2, -0.15) is 8.78 Å². The molecule has 3 rings (SSSR count). The molecular formula is C15H12F2N2O2. The summed E-state index contributed by atoms with van der Waals surface area (Å²) in [5, 5.41) is 0. The van der Waals surface area contributed by atoms with Crippen LogP contribution in [0.25, 0.3) is 16.9 Å². The topological polar surface area (TPSA) is 35.8 Å². The zero-order chi connectivity index (χ0) is 14.8. The van der Waals surface area contributed by atoms with E-state index in [0.29, 0.717) is 22.7 Å². The van der Waals surface area contributed by atoms with E-state index >= 15 is 0 Å². The minimum atomic E-state index is -2.85. The van der Waals surface area contributed by atoms with Gasteiger partial charge in [0.15, 0.2) is 11.4 Å². The van der Waals surface area contributed by atoms with Gasteiger partial charge in [0.25, 0.3) is 0 Å². The normalized spacial score (nSPS) is 11.0. The molecule has 0 radical (unpaired) electrons. The quantitative estimate of drug-likeness (QED) is 0.736. The van der Waals surface area contributed by atoms with E-state index in [1.165, 1.54) is 12.1 Å². The number of nitrogens with zero attached hydrogens (tertiary/aromatic N) is 2. The van der Waals surface area contributed by atoms with Gasteiger partial charge in [-0.3, -0.25) is 0 Å². The summed E-state index contributed by atoms with van der Waals surface area (Å²) < 4.78 is 36.0. The predicted molar refractivity (Wildman–Crippen MR) is 73.8 cm³/mol. The number of methoxy groups -OCH3 is 1. The van der Waals surface area contributed by atoms with Gasteiger partial charge in [0.05, 0.1) is 12.8 Å². The monoisotopic (exact) mass is 290 g/mol. The second-order valence-corrected chi connectivity index (χ2v) is 4.34. The van der Waals surface area contributed by atoms with Crippen LogP contribution in [0.4, 0.5) is 8.78 Å². The number of aromatic nitrogens is 2. The highest BCUT2D eigenvalue weighted by molar-refractivity contribution is 5.67. The minimum absolute atomic E-state index is 0.103. The summed E-state index contributed by atoms with van der Waals surface area (Å²) >= 11 is 0. The van der Waals surface area contributed by atoms with Gasteiger partial charge in [-0.15, -0.1) is 0 Å². The molecule has 2 aromatic heterocycles. The highest BCUT2D eigenvalue weighted by Gasteiger charge is 2.10. The van der Waals surface area contributed by atoms with Crippen LogP contribution < -0.4 is 9.47 Å². The number of ether oxygens (including phenoxy) is 2. The summed E-state index contributed by atoms with van der Waals surface area (Å²) in [5.41, 5.74) is 2.01. The number of pyridine rings is 1. The van der Waals surface area contributed by atoms with Gasteiger partial charge in [-0.25, -0.2) is 4.98 Å². The summed E-state index contributed by atoms with van der Waals surface area (Å²) in [4.78, 5) is 4.47. The van der Waals surface area contributed by atoms with Gasteiger partial charge >= 0.3 is 6.61 Å². The van der Waals surface area contributed by atoms with Crippen LogP contribution in [0.5, 0.6) is 11.5 Å². The fourth-order valence-electron chi connectivity index (χ4n) is 2.12. The first-order valence-electron chi connectivity index (χ1n) is 6.24. The van der Waals surface area contributed by atoms with Gasteiger partial charge in [-0.05, 0) is 24.3 Å². The Morgan fingerprint density at radius 2 is 2.05 bits per heavy atom. The number of fused-ring (bicyclic) bond motifs is 1. The molecule has 0 N–H and O–H groups in total. The molecule has 1 aromatic carbocycles. The zero-order valence-corrected chi connectivity index (χ0v) is 11.2. The van der Waals surface area contributed by atoms with E-state index in [-0.39, 0.29) is 5.75 Å². The van der Waals surface area contributed by atoms with Crippen molar-refractivity contribution in [2.24, 2.45) is 0 Å². The fourth-order valence-corrected chi connectivity index (χ4v) is 2.12. The first-order chi connectivity index (χ1) is 10.2. The highest BCUT2D eigenvalue weighted by atomic mass is 19.3. The molecule has 4 nitrogen and oxygen atoms in total.